The number of piperazine rings is 1. The summed E-state index contributed by atoms with van der Waals surface area (Å²) in [6.45, 7) is 7.77. The van der Waals surface area contributed by atoms with E-state index >= 15 is 0 Å². The van der Waals surface area contributed by atoms with E-state index in [9.17, 15) is 9.18 Å². The van der Waals surface area contributed by atoms with Gasteiger partial charge in [-0.3, -0.25) is 4.90 Å². The van der Waals surface area contributed by atoms with Crippen molar-refractivity contribution in [3.8, 4) is 0 Å². The quantitative estimate of drug-likeness (QED) is 0.680. The van der Waals surface area contributed by atoms with Crippen LogP contribution in [0.15, 0.2) is 24.7 Å². The molecule has 0 bridgehead atoms. The van der Waals surface area contributed by atoms with E-state index in [1.54, 1.807) is 28.6 Å². The van der Waals surface area contributed by atoms with Crippen LogP contribution in [0.1, 0.15) is 16.8 Å². The maximum atomic E-state index is 14.9. The lowest BCUT2D eigenvalue weighted by atomic mass is 10.1. The molecule has 1 fully saturated rings. The molecule has 1 saturated heterocycles. The predicted molar refractivity (Wildman–Crippen MR) is 114 cm³/mol. The molecule has 2 aliphatic rings. The van der Waals surface area contributed by atoms with E-state index in [1.807, 2.05) is 19.2 Å². The maximum Gasteiger partial charge on any atom is 0.327 e. The van der Waals surface area contributed by atoms with Crippen LogP contribution in [0.25, 0.3) is 5.65 Å². The lowest BCUT2D eigenvalue weighted by molar-refractivity contribution is 0.257. The number of nitrogens with one attached hydrogen (secondary N) is 2. The number of carbonyl (C=O) groups is 1. The fourth-order valence-electron chi connectivity index (χ4n) is 4.33. The van der Waals surface area contributed by atoms with Crippen LogP contribution in [0.4, 0.5) is 26.4 Å². The summed E-state index contributed by atoms with van der Waals surface area (Å²) in [5.74, 6) is 0.184. The Labute approximate surface area is 173 Å². The molecule has 0 spiro atoms. The molecule has 2 aliphatic heterocycles. The number of amides is 2. The Bertz CT molecular complexity index is 1140. The van der Waals surface area contributed by atoms with Crippen molar-refractivity contribution < 1.29 is 9.18 Å². The molecule has 3 aromatic heterocycles. The fraction of sp³-hybridized carbons (Fsp3) is 0.381. The number of pyridine rings is 2. The highest BCUT2D eigenvalue weighted by Gasteiger charge is 2.30. The number of halogens is 1. The first kappa shape index (κ1) is 18.8. The number of anilines is 3. The Kier molecular flexibility index (Phi) is 4.54. The summed E-state index contributed by atoms with van der Waals surface area (Å²) in [6, 6.07) is 1.64. The highest BCUT2D eigenvalue weighted by Crippen LogP contribution is 2.34. The van der Waals surface area contributed by atoms with Gasteiger partial charge in [0.05, 0.1) is 11.4 Å². The van der Waals surface area contributed by atoms with E-state index in [2.05, 4.69) is 25.5 Å². The molecule has 0 aliphatic carbocycles. The number of carbonyl (C=O) groups excluding carboxylic acids is 1. The Morgan fingerprint density at radius 1 is 1.20 bits per heavy atom. The molecule has 8 nitrogen and oxygen atoms in total. The van der Waals surface area contributed by atoms with Crippen molar-refractivity contribution in [1.82, 2.24) is 19.7 Å². The first-order chi connectivity index (χ1) is 14.5. The van der Waals surface area contributed by atoms with E-state index in [1.165, 1.54) is 0 Å². The second-order valence-corrected chi connectivity index (χ2v) is 7.80. The molecular weight excluding hydrogens is 385 g/mol. The van der Waals surface area contributed by atoms with E-state index in [-0.39, 0.29) is 11.7 Å². The van der Waals surface area contributed by atoms with Gasteiger partial charge in [0.1, 0.15) is 11.5 Å². The first-order valence-electron chi connectivity index (χ1n) is 10.2. The largest absolute Gasteiger partial charge is 0.369 e. The first-order valence-corrected chi connectivity index (χ1v) is 10.2. The van der Waals surface area contributed by atoms with Gasteiger partial charge in [0.15, 0.2) is 5.82 Å². The molecule has 0 unspecified atom stereocenters. The molecule has 2 N–H and O–H groups in total. The second kappa shape index (κ2) is 7.24. The molecule has 3 aromatic rings. The van der Waals surface area contributed by atoms with Gasteiger partial charge in [-0.05, 0) is 26.3 Å². The lowest BCUT2D eigenvalue weighted by Crippen LogP contribution is -2.43. The van der Waals surface area contributed by atoms with Gasteiger partial charge in [-0.2, -0.15) is 0 Å². The van der Waals surface area contributed by atoms with E-state index in [4.69, 9.17) is 0 Å². The molecule has 30 heavy (non-hydrogen) atoms. The van der Waals surface area contributed by atoms with Crippen molar-refractivity contribution in [2.45, 2.75) is 20.3 Å². The van der Waals surface area contributed by atoms with Crippen LogP contribution < -0.4 is 20.4 Å². The van der Waals surface area contributed by atoms with Crippen molar-refractivity contribution in [2.75, 3.05) is 47.8 Å². The Hall–Kier alpha value is -3.20. The van der Waals surface area contributed by atoms with E-state index in [0.29, 0.717) is 23.6 Å². The zero-order valence-corrected chi connectivity index (χ0v) is 17.1. The van der Waals surface area contributed by atoms with Gasteiger partial charge in [0.2, 0.25) is 0 Å². The summed E-state index contributed by atoms with van der Waals surface area (Å²) >= 11 is 0. The third kappa shape index (κ3) is 3.06. The van der Waals surface area contributed by atoms with Crippen molar-refractivity contribution in [3.05, 3.63) is 47.3 Å². The van der Waals surface area contributed by atoms with Gasteiger partial charge in [0.25, 0.3) is 0 Å². The lowest BCUT2D eigenvalue weighted by Gasteiger charge is -2.31. The van der Waals surface area contributed by atoms with Gasteiger partial charge in [-0.25, -0.2) is 19.2 Å². The molecule has 0 atom stereocenters. The van der Waals surface area contributed by atoms with Crippen LogP contribution in [0.3, 0.4) is 0 Å². The number of aryl methyl sites for hydroxylation is 2. The van der Waals surface area contributed by atoms with Gasteiger partial charge >= 0.3 is 6.03 Å². The molecule has 0 saturated carbocycles. The molecule has 2 amide bonds. The van der Waals surface area contributed by atoms with Crippen LogP contribution in [-0.2, 0) is 6.42 Å². The minimum absolute atomic E-state index is 0.133. The van der Waals surface area contributed by atoms with Crippen molar-refractivity contribution in [2.24, 2.45) is 0 Å². The minimum atomic E-state index is -0.469. The number of aromatic nitrogens is 3. The smallest absolute Gasteiger partial charge is 0.327 e. The van der Waals surface area contributed by atoms with Crippen LogP contribution >= 0.6 is 0 Å². The highest BCUT2D eigenvalue weighted by molar-refractivity contribution is 6.03. The van der Waals surface area contributed by atoms with Crippen molar-refractivity contribution in [1.29, 1.82) is 0 Å². The topological polar surface area (TPSA) is 77.8 Å². The molecule has 5 heterocycles. The average molecular weight is 409 g/mol. The Balaban J connectivity index is 1.43. The summed E-state index contributed by atoms with van der Waals surface area (Å²) in [5, 5.41) is 6.09. The zero-order chi connectivity index (χ0) is 20.8. The van der Waals surface area contributed by atoms with Gasteiger partial charge in [-0.15, -0.1) is 0 Å². The fourth-order valence-corrected chi connectivity index (χ4v) is 4.33. The number of nitrogens with zero attached hydrogens (tertiary/aromatic N) is 5. The Morgan fingerprint density at radius 3 is 2.80 bits per heavy atom. The van der Waals surface area contributed by atoms with Crippen molar-refractivity contribution >= 4 is 28.9 Å². The van der Waals surface area contributed by atoms with Crippen LogP contribution in [0, 0.1) is 19.7 Å². The monoisotopic (exact) mass is 409 g/mol. The van der Waals surface area contributed by atoms with Crippen LogP contribution in [-0.4, -0.2) is 53.1 Å². The van der Waals surface area contributed by atoms with Crippen LogP contribution in [0.5, 0.6) is 0 Å². The SMILES string of the molecule is Cc1cn2cc(NC(=O)N3CCc4c(N5CCNCC5)ccnc43)c(F)c(C)c2n1. The number of imidazole rings is 1. The minimum Gasteiger partial charge on any atom is -0.369 e. The molecule has 0 radical (unpaired) electrons. The molecular formula is C21H24FN7O. The van der Waals surface area contributed by atoms with Gasteiger partial charge < -0.3 is 19.9 Å². The maximum absolute atomic E-state index is 14.9. The molecule has 5 rings (SSSR count). The zero-order valence-electron chi connectivity index (χ0n) is 17.1. The number of hydrogen-bond acceptors (Lipinski definition) is 5. The third-order valence-electron chi connectivity index (χ3n) is 5.82. The van der Waals surface area contributed by atoms with E-state index < -0.39 is 5.82 Å². The number of hydrogen-bond donors (Lipinski definition) is 2. The second-order valence-electron chi connectivity index (χ2n) is 7.80. The van der Waals surface area contributed by atoms with Gasteiger partial charge in [-0.1, -0.05) is 0 Å². The predicted octanol–water partition coefficient (Wildman–Crippen LogP) is 2.49. The number of fused-ring (bicyclic) bond motifs is 2. The average Bonchev–Trinajstić information content (AvgIpc) is 3.35. The highest BCUT2D eigenvalue weighted by atomic mass is 19.1. The molecule has 156 valence electrons. The summed E-state index contributed by atoms with van der Waals surface area (Å²) in [6.07, 6.45) is 5.85. The Morgan fingerprint density at radius 2 is 2.00 bits per heavy atom. The van der Waals surface area contributed by atoms with E-state index in [0.717, 1.165) is 49.5 Å². The van der Waals surface area contributed by atoms with Crippen molar-refractivity contribution in [3.63, 3.8) is 0 Å². The third-order valence-corrected chi connectivity index (χ3v) is 5.82. The number of urea groups is 1. The standard InChI is InChI=1S/C21H24FN7O/c1-13-11-28-12-16(18(22)14(2)19(28)25-13)26-21(30)29-8-4-15-17(3-5-24-20(15)29)27-9-6-23-7-10-27/h3,5,11-12,23H,4,6-10H2,1-2H3,(H,26,30). The summed E-state index contributed by atoms with van der Waals surface area (Å²) in [5.41, 5.74) is 4.09. The number of rotatable bonds is 2. The van der Waals surface area contributed by atoms with Gasteiger partial charge in [0, 0.05) is 68.1 Å². The summed E-state index contributed by atoms with van der Waals surface area (Å²) < 4.78 is 16.6. The molecule has 9 heteroatoms. The van der Waals surface area contributed by atoms with Crippen LogP contribution in [0.2, 0.25) is 0 Å². The normalized spacial score (nSPS) is 16.2. The molecule has 0 aromatic carbocycles. The summed E-state index contributed by atoms with van der Waals surface area (Å²) in [7, 11) is 0. The summed E-state index contributed by atoms with van der Waals surface area (Å²) in [4.78, 5) is 25.8.